The highest BCUT2D eigenvalue weighted by molar-refractivity contribution is 7.56. The number of carbonyl (C=O) groups excluding carboxylic acids is 1. The summed E-state index contributed by atoms with van der Waals surface area (Å²) in [4.78, 5) is 12.6. The fourth-order valence-electron chi connectivity index (χ4n) is 4.41. The Morgan fingerprint density at radius 1 is 1.14 bits per heavy atom. The van der Waals surface area contributed by atoms with Crippen LogP contribution < -0.4 is 15.5 Å². The number of carbonyl (C=O) groups is 1. The van der Waals surface area contributed by atoms with Gasteiger partial charge in [0.05, 0.1) is 26.0 Å². The van der Waals surface area contributed by atoms with Crippen LogP contribution in [0.4, 0.5) is 10.5 Å². The van der Waals surface area contributed by atoms with E-state index in [-0.39, 0.29) is 19.3 Å². The van der Waals surface area contributed by atoms with Gasteiger partial charge in [0.15, 0.2) is 5.78 Å². The number of nitrogens with one attached hydrogen (secondary N) is 2. The highest BCUT2D eigenvalue weighted by Gasteiger charge is 2.38. The Bertz CT molecular complexity index is 866. The molecule has 1 unspecified atom stereocenters. The van der Waals surface area contributed by atoms with E-state index < -0.39 is 19.5 Å². The Kier molecular flexibility index (Phi) is 11.5. The van der Waals surface area contributed by atoms with Crippen molar-refractivity contribution in [3.8, 4) is 5.75 Å². The van der Waals surface area contributed by atoms with Gasteiger partial charge in [0.2, 0.25) is 0 Å². The average molecular weight is 512 g/mol. The molecule has 0 spiro atoms. The number of hydrazone groups is 1. The summed E-state index contributed by atoms with van der Waals surface area (Å²) in [6.07, 6.45) is 2.24. The number of hydrogen-bond acceptors (Lipinski definition) is 8. The Hall–Kier alpha value is -2.09. The zero-order valence-electron chi connectivity index (χ0n) is 22.1. The molecule has 2 N–H and O–H groups in total. The van der Waals surface area contributed by atoms with Crippen LogP contribution in [0.2, 0.25) is 0 Å². The van der Waals surface area contributed by atoms with E-state index in [0.717, 1.165) is 19.3 Å². The largest absolute Gasteiger partial charge is 0.497 e. The summed E-state index contributed by atoms with van der Waals surface area (Å²) in [5, 5.41) is 7.39. The SMILES string of the molecule is CCOP(=O)(OCC)C(Nc1ccc(OC)cc1)/C(C)=N/NC(=O)O[C@@H]1C[C@H](C)CC[C@H]1C(C)C. The number of hydrogen-bond donors (Lipinski definition) is 2. The molecule has 9 nitrogen and oxygen atoms in total. The van der Waals surface area contributed by atoms with Gasteiger partial charge in [-0.15, -0.1) is 0 Å². The second-order valence-electron chi connectivity index (χ2n) is 9.29. The first-order chi connectivity index (χ1) is 16.6. The number of rotatable bonds is 12. The first kappa shape index (κ1) is 29.1. The van der Waals surface area contributed by atoms with Gasteiger partial charge in [-0.3, -0.25) is 4.57 Å². The van der Waals surface area contributed by atoms with E-state index in [2.05, 4.69) is 36.6 Å². The lowest BCUT2D eigenvalue weighted by Crippen LogP contribution is -2.38. The molecule has 10 heteroatoms. The third-order valence-electron chi connectivity index (χ3n) is 6.27. The molecule has 0 bridgehead atoms. The fraction of sp³-hybridized carbons (Fsp3) is 0.680. The maximum Gasteiger partial charge on any atom is 0.428 e. The molecule has 1 aromatic carbocycles. The minimum atomic E-state index is -3.66. The highest BCUT2D eigenvalue weighted by Crippen LogP contribution is 2.53. The van der Waals surface area contributed by atoms with Crippen molar-refractivity contribution in [1.29, 1.82) is 0 Å². The van der Waals surface area contributed by atoms with Crippen LogP contribution in [-0.2, 0) is 18.3 Å². The molecule has 2 rings (SSSR count). The van der Waals surface area contributed by atoms with E-state index in [1.165, 1.54) is 0 Å². The summed E-state index contributed by atoms with van der Waals surface area (Å²) in [7, 11) is -2.08. The van der Waals surface area contributed by atoms with Crippen molar-refractivity contribution >= 4 is 25.1 Å². The fourth-order valence-corrected chi connectivity index (χ4v) is 6.33. The Balaban J connectivity index is 2.20. The number of anilines is 1. The van der Waals surface area contributed by atoms with Gasteiger partial charge in [-0.2, -0.15) is 5.10 Å². The van der Waals surface area contributed by atoms with Crippen LogP contribution in [0.1, 0.15) is 60.8 Å². The summed E-state index contributed by atoms with van der Waals surface area (Å²) in [6, 6.07) is 7.15. The number of ether oxygens (including phenoxy) is 2. The van der Waals surface area contributed by atoms with Crippen molar-refractivity contribution in [3.05, 3.63) is 24.3 Å². The van der Waals surface area contributed by atoms with Gasteiger partial charge in [-0.05, 0) is 75.6 Å². The number of methoxy groups -OCH3 is 1. The van der Waals surface area contributed by atoms with Crippen molar-refractivity contribution < 1.29 is 27.9 Å². The van der Waals surface area contributed by atoms with Crippen LogP contribution in [0.25, 0.3) is 0 Å². The molecule has 198 valence electrons. The van der Waals surface area contributed by atoms with Gasteiger partial charge in [-0.25, -0.2) is 10.2 Å². The molecule has 0 heterocycles. The van der Waals surface area contributed by atoms with Crippen LogP contribution >= 0.6 is 7.60 Å². The molecule has 1 saturated carbocycles. The van der Waals surface area contributed by atoms with Crippen molar-refractivity contribution in [2.75, 3.05) is 25.6 Å². The monoisotopic (exact) mass is 511 g/mol. The molecule has 1 aliphatic carbocycles. The van der Waals surface area contributed by atoms with Gasteiger partial charge >= 0.3 is 13.7 Å². The molecule has 1 fully saturated rings. The first-order valence-electron chi connectivity index (χ1n) is 12.4. The summed E-state index contributed by atoms with van der Waals surface area (Å²) in [6.45, 7) is 12.0. The molecule has 1 amide bonds. The summed E-state index contributed by atoms with van der Waals surface area (Å²) < 4.78 is 35.8. The second-order valence-corrected chi connectivity index (χ2v) is 11.4. The van der Waals surface area contributed by atoms with Crippen LogP contribution in [0.5, 0.6) is 5.75 Å². The van der Waals surface area contributed by atoms with Gasteiger partial charge in [0.25, 0.3) is 0 Å². The van der Waals surface area contributed by atoms with Crippen molar-refractivity contribution in [2.24, 2.45) is 22.9 Å². The summed E-state index contributed by atoms with van der Waals surface area (Å²) >= 11 is 0. The van der Waals surface area contributed by atoms with Gasteiger partial charge in [0.1, 0.15) is 11.9 Å². The van der Waals surface area contributed by atoms with Crippen molar-refractivity contribution in [1.82, 2.24) is 5.43 Å². The first-order valence-corrected chi connectivity index (χ1v) is 14.0. The molecule has 0 saturated heterocycles. The Morgan fingerprint density at radius 3 is 2.31 bits per heavy atom. The summed E-state index contributed by atoms with van der Waals surface area (Å²) in [5.74, 6) is 1.02. The molecule has 0 aromatic heterocycles. The smallest absolute Gasteiger partial charge is 0.428 e. The van der Waals surface area contributed by atoms with Gasteiger partial charge in [0, 0.05) is 5.69 Å². The molecule has 4 atom stereocenters. The van der Waals surface area contributed by atoms with E-state index in [4.69, 9.17) is 18.5 Å². The quantitative estimate of drug-likeness (QED) is 0.194. The number of nitrogens with zero attached hydrogens (tertiary/aromatic N) is 1. The van der Waals surface area contributed by atoms with Gasteiger partial charge in [-0.1, -0.05) is 27.2 Å². The van der Waals surface area contributed by atoms with E-state index in [0.29, 0.717) is 34.9 Å². The molecule has 1 aliphatic rings. The maximum atomic E-state index is 13.6. The topological polar surface area (TPSA) is 107 Å². The Labute approximate surface area is 209 Å². The van der Waals surface area contributed by atoms with Crippen molar-refractivity contribution in [2.45, 2.75) is 72.7 Å². The van der Waals surface area contributed by atoms with E-state index >= 15 is 0 Å². The van der Waals surface area contributed by atoms with Crippen LogP contribution in [-0.4, -0.2) is 44.0 Å². The summed E-state index contributed by atoms with van der Waals surface area (Å²) in [5.41, 5.74) is 3.48. The van der Waals surface area contributed by atoms with Crippen LogP contribution in [0, 0.1) is 17.8 Å². The third-order valence-corrected chi connectivity index (χ3v) is 8.64. The predicted octanol–water partition coefficient (Wildman–Crippen LogP) is 6.26. The lowest BCUT2D eigenvalue weighted by atomic mass is 9.75. The number of benzene rings is 1. The van der Waals surface area contributed by atoms with E-state index in [1.54, 1.807) is 52.1 Å². The Morgan fingerprint density at radius 2 is 1.77 bits per heavy atom. The van der Waals surface area contributed by atoms with Crippen LogP contribution in [0.3, 0.4) is 0 Å². The molecular formula is C25H42N3O6P. The predicted molar refractivity (Wildman–Crippen MR) is 139 cm³/mol. The molecule has 0 aliphatic heterocycles. The zero-order chi connectivity index (χ0) is 26.0. The lowest BCUT2D eigenvalue weighted by molar-refractivity contribution is 0.00631. The zero-order valence-corrected chi connectivity index (χ0v) is 23.0. The minimum Gasteiger partial charge on any atom is -0.497 e. The average Bonchev–Trinajstić information content (AvgIpc) is 2.81. The molecular weight excluding hydrogens is 469 g/mol. The lowest BCUT2D eigenvalue weighted by Gasteiger charge is -2.36. The minimum absolute atomic E-state index is 0.152. The number of amides is 1. The normalized spacial score (nSPS) is 21.9. The van der Waals surface area contributed by atoms with Crippen molar-refractivity contribution in [3.63, 3.8) is 0 Å². The third kappa shape index (κ3) is 8.51. The maximum absolute atomic E-state index is 13.6. The molecule has 0 radical (unpaired) electrons. The second kappa shape index (κ2) is 13.9. The van der Waals surface area contributed by atoms with E-state index in [9.17, 15) is 9.36 Å². The standard InChI is InChI=1S/C25H42N3O6P/c1-8-32-35(30,33-9-2)24(26-20-11-13-21(31-7)14-12-20)19(6)27-28-25(29)34-23-16-18(5)10-15-22(23)17(3)4/h11-14,17-18,22-24,26H,8-10,15-16H2,1-7H3,(H,28,29)/b27-19+/t18-,22+,23-,24?/m1/s1. The van der Waals surface area contributed by atoms with Crippen LogP contribution in [0.15, 0.2) is 29.4 Å². The highest BCUT2D eigenvalue weighted by atomic mass is 31.2. The molecule has 1 aromatic rings. The van der Waals surface area contributed by atoms with Gasteiger partial charge < -0.3 is 23.8 Å². The molecule has 35 heavy (non-hydrogen) atoms. The van der Waals surface area contributed by atoms with E-state index in [1.807, 2.05) is 0 Å².